The van der Waals surface area contributed by atoms with Gasteiger partial charge in [-0.25, -0.2) is 0 Å². The molecule has 13 nitrogen and oxygen atoms in total. The Morgan fingerprint density at radius 3 is 2.03 bits per heavy atom. The van der Waals surface area contributed by atoms with E-state index in [-0.39, 0.29) is 19.8 Å². The van der Waals surface area contributed by atoms with E-state index in [1.807, 2.05) is 0 Å². The smallest absolute Gasteiger partial charge is 0.234 e. The summed E-state index contributed by atoms with van der Waals surface area (Å²) in [7, 11) is 0. The number of aromatic nitrogens is 3. The van der Waals surface area contributed by atoms with Gasteiger partial charge in [0.2, 0.25) is 5.91 Å². The van der Waals surface area contributed by atoms with Gasteiger partial charge in [0.15, 0.2) is 0 Å². The minimum absolute atomic E-state index is 0.0888. The van der Waals surface area contributed by atoms with Gasteiger partial charge in [0.1, 0.15) is 12.2 Å². The summed E-state index contributed by atoms with van der Waals surface area (Å²) in [6, 6.07) is -0.795. The second kappa shape index (κ2) is 13.6. The molecule has 1 atom stereocenters. The number of carbonyl (C=O) groups is 1. The molecule has 13 heteroatoms. The van der Waals surface area contributed by atoms with Crippen molar-refractivity contribution in [2.45, 2.75) is 37.6 Å². The average molecular weight is 435 g/mol. The van der Waals surface area contributed by atoms with Gasteiger partial charge in [0.25, 0.3) is 0 Å². The second-order valence-corrected chi connectivity index (χ2v) is 7.21. The second-order valence-electron chi connectivity index (χ2n) is 7.21. The molecule has 1 aromatic rings. The van der Waals surface area contributed by atoms with E-state index in [4.69, 9.17) is 20.9 Å². The number of aliphatic hydroxyl groups excluding tert-OH is 5. The fraction of sp³-hybridized carbons (Fsp3) is 0.824. The van der Waals surface area contributed by atoms with E-state index < -0.39 is 62.6 Å². The predicted octanol–water partition coefficient (Wildman–Crippen LogP) is -4.26. The average Bonchev–Trinajstić information content (AvgIpc) is 3.19. The maximum atomic E-state index is 11.0. The highest BCUT2D eigenvalue weighted by atomic mass is 16.5. The Morgan fingerprint density at radius 2 is 1.60 bits per heavy atom. The quantitative estimate of drug-likeness (QED) is 0.124. The Kier molecular flexibility index (Phi) is 11.9. The van der Waals surface area contributed by atoms with Gasteiger partial charge >= 0.3 is 0 Å². The number of hydrogen-bond donors (Lipinski definition) is 7. The van der Waals surface area contributed by atoms with Crippen molar-refractivity contribution in [3.63, 3.8) is 0 Å². The standard InChI is InChI=1S/C17H33N5O8/c18-15(16(19)28)2-1-12-3-22(21-20-12)8-17(9-27,10-29-13(4-23)5-24)11-30-14(6-25)7-26/h3,13-15,23-27H,1-2,4-11,18H2,(H2,19,28)/t15-/m1/s1. The summed E-state index contributed by atoms with van der Waals surface area (Å²) in [6.45, 7) is -2.20. The van der Waals surface area contributed by atoms with Crippen molar-refractivity contribution in [1.29, 1.82) is 0 Å². The third-order valence-corrected chi connectivity index (χ3v) is 4.56. The zero-order valence-electron chi connectivity index (χ0n) is 16.8. The van der Waals surface area contributed by atoms with Crippen molar-refractivity contribution in [2.75, 3.05) is 46.2 Å². The zero-order valence-corrected chi connectivity index (χ0v) is 16.8. The maximum Gasteiger partial charge on any atom is 0.234 e. The first-order chi connectivity index (χ1) is 14.3. The van der Waals surface area contributed by atoms with E-state index in [1.165, 1.54) is 4.68 Å². The van der Waals surface area contributed by atoms with Gasteiger partial charge in [0.05, 0.1) is 69.9 Å². The molecule has 0 saturated heterocycles. The molecule has 9 N–H and O–H groups in total. The Labute approximate surface area is 174 Å². The summed E-state index contributed by atoms with van der Waals surface area (Å²) in [6.07, 6.45) is 0.600. The van der Waals surface area contributed by atoms with Crippen LogP contribution >= 0.6 is 0 Å². The van der Waals surface area contributed by atoms with Crippen LogP contribution in [0.15, 0.2) is 6.20 Å². The van der Waals surface area contributed by atoms with E-state index in [1.54, 1.807) is 6.20 Å². The molecule has 30 heavy (non-hydrogen) atoms. The number of nitrogens with zero attached hydrogens (tertiary/aromatic N) is 3. The normalized spacial score (nSPS) is 13.3. The van der Waals surface area contributed by atoms with Crippen LogP contribution in [0.1, 0.15) is 12.1 Å². The van der Waals surface area contributed by atoms with Crippen molar-refractivity contribution >= 4 is 5.91 Å². The largest absolute Gasteiger partial charge is 0.396 e. The molecule has 0 fully saturated rings. The van der Waals surface area contributed by atoms with Crippen LogP contribution in [0.2, 0.25) is 0 Å². The van der Waals surface area contributed by atoms with Crippen molar-refractivity contribution in [1.82, 2.24) is 15.0 Å². The van der Waals surface area contributed by atoms with Gasteiger partial charge in [-0.15, -0.1) is 5.10 Å². The Hall–Kier alpha value is -1.71. The number of primary amides is 1. The lowest BCUT2D eigenvalue weighted by Crippen LogP contribution is -2.44. The highest BCUT2D eigenvalue weighted by molar-refractivity contribution is 5.79. The molecule has 0 saturated carbocycles. The minimum Gasteiger partial charge on any atom is -0.396 e. The zero-order chi connectivity index (χ0) is 22.6. The molecule has 0 spiro atoms. The summed E-state index contributed by atoms with van der Waals surface area (Å²) in [5, 5.41) is 54.9. The topological polar surface area (TPSA) is 219 Å². The number of nitrogens with two attached hydrogens (primary N) is 2. The number of hydrogen-bond acceptors (Lipinski definition) is 11. The van der Waals surface area contributed by atoms with Crippen molar-refractivity contribution in [3.05, 3.63) is 11.9 Å². The fourth-order valence-electron chi connectivity index (χ4n) is 2.51. The molecule has 0 aromatic carbocycles. The van der Waals surface area contributed by atoms with E-state index >= 15 is 0 Å². The summed E-state index contributed by atoms with van der Waals surface area (Å²) >= 11 is 0. The first-order valence-corrected chi connectivity index (χ1v) is 9.54. The number of rotatable bonds is 17. The number of amides is 1. The van der Waals surface area contributed by atoms with Crippen LogP contribution in [0.5, 0.6) is 0 Å². The summed E-state index contributed by atoms with van der Waals surface area (Å²) < 4.78 is 12.4. The van der Waals surface area contributed by atoms with Crippen molar-refractivity contribution < 1.29 is 39.8 Å². The van der Waals surface area contributed by atoms with Gasteiger partial charge in [-0.2, -0.15) is 0 Å². The first-order valence-electron chi connectivity index (χ1n) is 9.54. The predicted molar refractivity (Wildman–Crippen MR) is 103 cm³/mol. The fourth-order valence-corrected chi connectivity index (χ4v) is 2.51. The molecule has 0 radical (unpaired) electrons. The molecule has 1 heterocycles. The number of aryl methyl sites for hydroxylation is 1. The maximum absolute atomic E-state index is 11.0. The van der Waals surface area contributed by atoms with Crippen LogP contribution in [-0.4, -0.2) is 111 Å². The molecule has 1 rings (SSSR count). The van der Waals surface area contributed by atoms with E-state index in [9.17, 15) is 30.3 Å². The molecular formula is C17H33N5O8. The highest BCUT2D eigenvalue weighted by Gasteiger charge is 2.34. The molecule has 0 aliphatic rings. The number of carbonyl (C=O) groups excluding carboxylic acids is 1. The summed E-state index contributed by atoms with van der Waals surface area (Å²) in [4.78, 5) is 11.0. The van der Waals surface area contributed by atoms with Crippen molar-refractivity contribution in [3.8, 4) is 0 Å². The van der Waals surface area contributed by atoms with Crippen LogP contribution in [0.25, 0.3) is 0 Å². The van der Waals surface area contributed by atoms with Crippen LogP contribution in [0.4, 0.5) is 0 Å². The highest BCUT2D eigenvalue weighted by Crippen LogP contribution is 2.22. The van der Waals surface area contributed by atoms with Crippen LogP contribution in [0.3, 0.4) is 0 Å². The third kappa shape index (κ3) is 8.57. The molecule has 0 aliphatic carbocycles. The lowest BCUT2D eigenvalue weighted by atomic mass is 9.90. The molecule has 0 aliphatic heterocycles. The van der Waals surface area contributed by atoms with Gasteiger partial charge in [-0.05, 0) is 12.8 Å². The lowest BCUT2D eigenvalue weighted by Gasteiger charge is -2.33. The van der Waals surface area contributed by atoms with Crippen LogP contribution in [-0.2, 0) is 27.2 Å². The lowest BCUT2D eigenvalue weighted by molar-refractivity contribution is -0.123. The third-order valence-electron chi connectivity index (χ3n) is 4.56. The number of aliphatic hydroxyl groups is 5. The van der Waals surface area contributed by atoms with Crippen LogP contribution < -0.4 is 11.5 Å². The van der Waals surface area contributed by atoms with E-state index in [0.29, 0.717) is 18.5 Å². The molecule has 174 valence electrons. The Balaban J connectivity index is 2.88. The molecular weight excluding hydrogens is 402 g/mol. The number of ether oxygens (including phenoxy) is 2. The molecule has 0 unspecified atom stereocenters. The minimum atomic E-state index is -1.07. The Morgan fingerprint density at radius 1 is 1.07 bits per heavy atom. The van der Waals surface area contributed by atoms with Gasteiger partial charge in [-0.1, -0.05) is 5.21 Å². The van der Waals surface area contributed by atoms with Crippen LogP contribution in [0, 0.1) is 5.41 Å². The van der Waals surface area contributed by atoms with E-state index in [0.717, 1.165) is 0 Å². The first kappa shape index (κ1) is 26.3. The SMILES string of the molecule is NC(=O)[C@H](N)CCc1cn(CC(CO)(COC(CO)CO)COC(CO)CO)nn1. The summed E-state index contributed by atoms with van der Waals surface area (Å²) in [5.41, 5.74) is 10.2. The Bertz CT molecular complexity index is 593. The molecule has 1 amide bonds. The van der Waals surface area contributed by atoms with Gasteiger partial charge < -0.3 is 46.5 Å². The van der Waals surface area contributed by atoms with Gasteiger partial charge in [0, 0.05) is 6.20 Å². The summed E-state index contributed by atoms with van der Waals surface area (Å²) in [5.74, 6) is -0.611. The molecule has 0 bridgehead atoms. The monoisotopic (exact) mass is 435 g/mol. The van der Waals surface area contributed by atoms with Crippen molar-refractivity contribution in [2.24, 2.45) is 16.9 Å². The molecule has 1 aromatic heterocycles. The van der Waals surface area contributed by atoms with Gasteiger partial charge in [-0.3, -0.25) is 9.48 Å². The van der Waals surface area contributed by atoms with E-state index in [2.05, 4.69) is 10.3 Å².